The molecule has 1 N–H and O–H groups in total. The van der Waals surface area contributed by atoms with Crippen molar-refractivity contribution in [3.8, 4) is 5.75 Å². The van der Waals surface area contributed by atoms with Crippen LogP contribution in [-0.4, -0.2) is 27.2 Å². The first-order chi connectivity index (χ1) is 10.9. The topological polar surface area (TPSA) is 66.8 Å². The molecule has 3 rings (SSSR count). The molecule has 7 heteroatoms. The second-order valence-corrected chi connectivity index (χ2v) is 7.12. The van der Waals surface area contributed by atoms with Crippen molar-refractivity contribution >= 4 is 15.7 Å². The molecule has 2 aromatic carbocycles. The maximum atomic E-state index is 13.4. The lowest BCUT2D eigenvalue weighted by Gasteiger charge is -2.33. The van der Waals surface area contributed by atoms with E-state index in [1.54, 1.807) is 12.1 Å². The number of benzene rings is 2. The zero-order chi connectivity index (χ0) is 16.6. The number of aliphatic hydroxyl groups excluding tert-OH is 1. The van der Waals surface area contributed by atoms with Crippen molar-refractivity contribution in [2.45, 2.75) is 17.4 Å². The number of ether oxygens (including phenoxy) is 1. The molecule has 1 atom stereocenters. The number of sulfonamides is 1. The highest BCUT2D eigenvalue weighted by Crippen LogP contribution is 2.37. The number of fused-ring (bicyclic) bond motifs is 1. The lowest BCUT2D eigenvalue weighted by molar-refractivity contribution is 0.166. The largest absolute Gasteiger partial charge is 0.497 e. The highest BCUT2D eigenvalue weighted by Gasteiger charge is 2.32. The molecule has 23 heavy (non-hydrogen) atoms. The van der Waals surface area contributed by atoms with Gasteiger partial charge in [0.2, 0.25) is 0 Å². The van der Waals surface area contributed by atoms with E-state index in [9.17, 15) is 17.9 Å². The Morgan fingerprint density at radius 1 is 1.22 bits per heavy atom. The van der Waals surface area contributed by atoms with Crippen LogP contribution in [0.4, 0.5) is 10.1 Å². The van der Waals surface area contributed by atoms with Crippen LogP contribution >= 0.6 is 0 Å². The molecule has 1 heterocycles. The smallest absolute Gasteiger partial charge is 0.264 e. The summed E-state index contributed by atoms with van der Waals surface area (Å²) in [6.07, 6.45) is -0.658. The van der Waals surface area contributed by atoms with E-state index < -0.39 is 21.9 Å². The summed E-state index contributed by atoms with van der Waals surface area (Å²) in [7, 11) is -2.29. The Kier molecular flexibility index (Phi) is 3.99. The highest BCUT2D eigenvalue weighted by atomic mass is 32.2. The average Bonchev–Trinajstić information content (AvgIpc) is 2.55. The third kappa shape index (κ3) is 2.77. The molecule has 5 nitrogen and oxygen atoms in total. The van der Waals surface area contributed by atoms with Gasteiger partial charge in [-0.3, -0.25) is 4.31 Å². The van der Waals surface area contributed by atoms with E-state index >= 15 is 0 Å². The minimum atomic E-state index is -3.79. The normalized spacial score (nSPS) is 17.7. The molecule has 1 aliphatic rings. The summed E-state index contributed by atoms with van der Waals surface area (Å²) in [5.41, 5.74) is 0.592. The van der Waals surface area contributed by atoms with Crippen LogP contribution in [0.15, 0.2) is 47.4 Å². The molecular weight excluding hydrogens is 321 g/mol. The lowest BCUT2D eigenvalue weighted by atomic mass is 10.0. The van der Waals surface area contributed by atoms with Gasteiger partial charge in [-0.15, -0.1) is 0 Å². The van der Waals surface area contributed by atoms with Crippen molar-refractivity contribution in [1.29, 1.82) is 0 Å². The van der Waals surface area contributed by atoms with Crippen molar-refractivity contribution in [3.63, 3.8) is 0 Å². The van der Waals surface area contributed by atoms with Gasteiger partial charge in [0, 0.05) is 12.1 Å². The van der Waals surface area contributed by atoms with Crippen LogP contribution in [0.3, 0.4) is 0 Å². The first-order valence-corrected chi connectivity index (χ1v) is 8.52. The van der Waals surface area contributed by atoms with Gasteiger partial charge in [-0.2, -0.15) is 0 Å². The zero-order valence-corrected chi connectivity index (χ0v) is 13.3. The molecule has 0 bridgehead atoms. The molecule has 0 saturated carbocycles. The number of methoxy groups -OCH3 is 1. The number of nitrogens with zero attached hydrogens (tertiary/aromatic N) is 1. The van der Waals surface area contributed by atoms with E-state index in [0.29, 0.717) is 11.4 Å². The third-order valence-electron chi connectivity index (χ3n) is 3.87. The van der Waals surface area contributed by atoms with Crippen molar-refractivity contribution in [2.24, 2.45) is 0 Å². The Hall–Kier alpha value is -2.12. The summed E-state index contributed by atoms with van der Waals surface area (Å²) in [5.74, 6) is 0.0481. The summed E-state index contributed by atoms with van der Waals surface area (Å²) in [4.78, 5) is 0.116. The molecule has 0 saturated heterocycles. The zero-order valence-electron chi connectivity index (χ0n) is 12.4. The third-order valence-corrected chi connectivity index (χ3v) is 5.70. The van der Waals surface area contributed by atoms with E-state index in [4.69, 9.17) is 4.74 Å². The fourth-order valence-corrected chi connectivity index (χ4v) is 4.16. The van der Waals surface area contributed by atoms with Crippen molar-refractivity contribution < 1.29 is 22.7 Å². The van der Waals surface area contributed by atoms with Gasteiger partial charge in [-0.25, -0.2) is 12.8 Å². The summed E-state index contributed by atoms with van der Waals surface area (Å²) in [6, 6.07) is 9.80. The van der Waals surface area contributed by atoms with E-state index in [2.05, 4.69) is 0 Å². The Morgan fingerprint density at radius 3 is 2.57 bits per heavy atom. The Morgan fingerprint density at radius 2 is 1.91 bits per heavy atom. The summed E-state index contributed by atoms with van der Waals surface area (Å²) in [5, 5.41) is 10.0. The van der Waals surface area contributed by atoms with Gasteiger partial charge in [-0.05, 0) is 48.9 Å². The second-order valence-electron chi connectivity index (χ2n) is 5.26. The Balaban J connectivity index is 2.05. The fraction of sp³-hybridized carbons (Fsp3) is 0.250. The molecule has 0 aliphatic carbocycles. The standard InChI is InChI=1S/C16H16FNO4S/c1-22-12-3-5-13(6-4-12)23(20,21)18-9-8-16(19)14-10-11(17)2-7-15(14)18/h2-7,10,16,19H,8-9H2,1H3. The van der Waals surface area contributed by atoms with E-state index in [-0.39, 0.29) is 23.4 Å². The number of halogens is 1. The Bertz CT molecular complexity index is 820. The minimum Gasteiger partial charge on any atom is -0.497 e. The highest BCUT2D eigenvalue weighted by molar-refractivity contribution is 7.92. The van der Waals surface area contributed by atoms with Gasteiger partial charge >= 0.3 is 0 Å². The van der Waals surface area contributed by atoms with E-state index in [1.165, 1.54) is 41.7 Å². The molecule has 122 valence electrons. The maximum Gasteiger partial charge on any atom is 0.264 e. The quantitative estimate of drug-likeness (QED) is 0.934. The van der Waals surface area contributed by atoms with E-state index in [0.717, 1.165) is 0 Å². The van der Waals surface area contributed by atoms with Crippen LogP contribution in [-0.2, 0) is 10.0 Å². The average molecular weight is 337 g/mol. The molecule has 0 radical (unpaired) electrons. The molecule has 1 aliphatic heterocycles. The summed E-state index contributed by atoms with van der Waals surface area (Å²) in [6.45, 7) is 0.133. The molecule has 2 aromatic rings. The summed E-state index contributed by atoms with van der Waals surface area (Å²) >= 11 is 0. The first kappa shape index (κ1) is 15.8. The molecule has 0 spiro atoms. The van der Waals surface area contributed by atoms with Crippen LogP contribution in [0.5, 0.6) is 5.75 Å². The number of rotatable bonds is 3. The van der Waals surface area contributed by atoms with Crippen LogP contribution in [0, 0.1) is 5.82 Å². The van der Waals surface area contributed by atoms with Crippen molar-refractivity contribution in [2.75, 3.05) is 18.0 Å². The molecule has 0 amide bonds. The number of hydrogen-bond acceptors (Lipinski definition) is 4. The first-order valence-electron chi connectivity index (χ1n) is 7.08. The van der Waals surface area contributed by atoms with E-state index in [1.807, 2.05) is 0 Å². The maximum absolute atomic E-state index is 13.4. The number of aliphatic hydroxyl groups is 1. The van der Waals surface area contributed by atoms with Gasteiger partial charge < -0.3 is 9.84 Å². The number of hydrogen-bond donors (Lipinski definition) is 1. The molecule has 0 aromatic heterocycles. The fourth-order valence-electron chi connectivity index (χ4n) is 2.66. The monoisotopic (exact) mass is 337 g/mol. The minimum absolute atomic E-state index is 0.116. The van der Waals surface area contributed by atoms with Crippen LogP contribution < -0.4 is 9.04 Å². The van der Waals surface area contributed by atoms with Gasteiger partial charge in [0.15, 0.2) is 0 Å². The molecule has 1 unspecified atom stereocenters. The predicted molar refractivity (Wildman–Crippen MR) is 83.5 cm³/mol. The second kappa shape index (κ2) is 5.82. The van der Waals surface area contributed by atoms with Crippen molar-refractivity contribution in [3.05, 3.63) is 53.8 Å². The van der Waals surface area contributed by atoms with Crippen LogP contribution in [0.25, 0.3) is 0 Å². The van der Waals surface area contributed by atoms with Crippen molar-refractivity contribution in [1.82, 2.24) is 0 Å². The lowest BCUT2D eigenvalue weighted by Crippen LogP contribution is -2.36. The van der Waals surface area contributed by atoms with Gasteiger partial charge in [0.05, 0.1) is 23.8 Å². The molecular formula is C16H16FNO4S. The van der Waals surface area contributed by atoms with Gasteiger partial charge in [-0.1, -0.05) is 0 Å². The van der Waals surface area contributed by atoms with Gasteiger partial charge in [0.25, 0.3) is 10.0 Å². The predicted octanol–water partition coefficient (Wildman–Crippen LogP) is 2.47. The molecule has 0 fully saturated rings. The van der Waals surface area contributed by atoms with Crippen LogP contribution in [0.2, 0.25) is 0 Å². The number of anilines is 1. The van der Waals surface area contributed by atoms with Crippen LogP contribution in [0.1, 0.15) is 18.1 Å². The van der Waals surface area contributed by atoms with Gasteiger partial charge in [0.1, 0.15) is 11.6 Å². The summed E-state index contributed by atoms with van der Waals surface area (Å²) < 4.78 is 45.3. The Labute approximate surface area is 134 Å². The SMILES string of the molecule is COc1ccc(S(=O)(=O)N2CCC(O)c3cc(F)ccc32)cc1.